The molecule has 0 spiro atoms. The van der Waals surface area contributed by atoms with Crippen LogP contribution in [-0.4, -0.2) is 36.6 Å². The van der Waals surface area contributed by atoms with E-state index >= 15 is 0 Å². The van der Waals surface area contributed by atoms with E-state index in [2.05, 4.69) is 15.4 Å². The molecule has 0 saturated carbocycles. The molecule has 23 heavy (non-hydrogen) atoms. The summed E-state index contributed by atoms with van der Waals surface area (Å²) in [5.41, 5.74) is 0.577. The molecule has 0 aliphatic carbocycles. The van der Waals surface area contributed by atoms with Crippen molar-refractivity contribution in [1.29, 1.82) is 5.26 Å². The van der Waals surface area contributed by atoms with Crippen LogP contribution >= 0.6 is 0 Å². The number of carboxylic acid groups (broad SMARTS) is 1. The van der Waals surface area contributed by atoms with Crippen LogP contribution in [0.3, 0.4) is 0 Å². The summed E-state index contributed by atoms with van der Waals surface area (Å²) in [6.45, 7) is -0.0784. The monoisotopic (exact) mass is 317 g/mol. The Kier molecular flexibility index (Phi) is 6.81. The van der Waals surface area contributed by atoms with E-state index in [4.69, 9.17) is 10.4 Å². The van der Waals surface area contributed by atoms with E-state index in [-0.39, 0.29) is 18.5 Å². The van der Waals surface area contributed by atoms with E-state index < -0.39 is 17.8 Å². The quantitative estimate of drug-likeness (QED) is 0.387. The zero-order valence-electron chi connectivity index (χ0n) is 12.3. The van der Waals surface area contributed by atoms with E-state index in [0.29, 0.717) is 11.3 Å². The largest absolute Gasteiger partial charge is 0.481 e. The van der Waals surface area contributed by atoms with Gasteiger partial charge < -0.3 is 20.5 Å². The summed E-state index contributed by atoms with van der Waals surface area (Å²) in [4.78, 5) is 33.5. The number of ether oxygens (including phenoxy) is 1. The first-order valence-corrected chi connectivity index (χ1v) is 6.53. The van der Waals surface area contributed by atoms with Gasteiger partial charge in [0, 0.05) is 18.4 Å². The van der Waals surface area contributed by atoms with Crippen LogP contribution in [0.2, 0.25) is 0 Å². The predicted molar refractivity (Wildman–Crippen MR) is 80.4 cm³/mol. The molecule has 0 aromatic heterocycles. The third-order valence-corrected chi connectivity index (χ3v) is 2.66. The molecule has 0 atom stereocenters. The van der Waals surface area contributed by atoms with Crippen molar-refractivity contribution in [3.05, 3.63) is 41.6 Å². The number of amides is 1. The van der Waals surface area contributed by atoms with Gasteiger partial charge in [-0.1, -0.05) is 6.07 Å². The fraction of sp³-hybridized carbons (Fsp3) is 0.200. The van der Waals surface area contributed by atoms with Crippen molar-refractivity contribution < 1.29 is 24.2 Å². The first-order chi connectivity index (χ1) is 11.0. The van der Waals surface area contributed by atoms with Crippen LogP contribution in [0.4, 0.5) is 5.69 Å². The van der Waals surface area contributed by atoms with Crippen LogP contribution in [0, 0.1) is 11.3 Å². The smallest absolute Gasteiger partial charge is 0.337 e. The molecule has 0 aliphatic rings. The second kappa shape index (κ2) is 8.84. The molecule has 1 aromatic rings. The predicted octanol–water partition coefficient (Wildman–Crippen LogP) is 0.883. The molecule has 8 nitrogen and oxygen atoms in total. The van der Waals surface area contributed by atoms with Crippen molar-refractivity contribution in [2.45, 2.75) is 6.42 Å². The van der Waals surface area contributed by atoms with Gasteiger partial charge in [0.05, 0.1) is 19.1 Å². The number of methoxy groups -OCH3 is 1. The Bertz CT molecular complexity index is 676. The molecule has 8 heteroatoms. The van der Waals surface area contributed by atoms with Crippen LogP contribution in [0.15, 0.2) is 36.0 Å². The van der Waals surface area contributed by atoms with Crippen LogP contribution in [0.1, 0.15) is 16.8 Å². The van der Waals surface area contributed by atoms with Gasteiger partial charge in [0.2, 0.25) is 0 Å². The first kappa shape index (κ1) is 17.7. The molecule has 3 N–H and O–H groups in total. The first-order valence-electron chi connectivity index (χ1n) is 6.53. The molecular weight excluding hydrogens is 302 g/mol. The summed E-state index contributed by atoms with van der Waals surface area (Å²) in [6, 6.07) is 8.02. The lowest BCUT2D eigenvalue weighted by molar-refractivity contribution is -0.136. The SMILES string of the molecule is COC(=O)c1cccc(N/C=C(/C#N)C(=O)NCCC(=O)O)c1. The lowest BCUT2D eigenvalue weighted by Gasteiger charge is -2.05. The Morgan fingerprint density at radius 3 is 2.74 bits per heavy atom. The molecule has 0 radical (unpaired) electrons. The van der Waals surface area contributed by atoms with Gasteiger partial charge in [-0.3, -0.25) is 9.59 Å². The minimum atomic E-state index is -1.05. The van der Waals surface area contributed by atoms with Gasteiger partial charge in [0.15, 0.2) is 0 Å². The van der Waals surface area contributed by atoms with Gasteiger partial charge in [-0.25, -0.2) is 4.79 Å². The van der Waals surface area contributed by atoms with Crippen molar-refractivity contribution in [3.8, 4) is 6.07 Å². The average Bonchev–Trinajstić information content (AvgIpc) is 2.54. The number of nitriles is 1. The standard InChI is InChI=1S/C15H15N3O5/c1-23-15(22)10-3-2-4-12(7-10)18-9-11(8-16)14(21)17-6-5-13(19)20/h2-4,7,9,18H,5-6H2,1H3,(H,17,21)(H,19,20)/b11-9-. The number of anilines is 1. The number of nitrogens with one attached hydrogen (secondary N) is 2. The van der Waals surface area contributed by atoms with Crippen LogP contribution in [0.5, 0.6) is 0 Å². The lowest BCUT2D eigenvalue weighted by Crippen LogP contribution is -2.27. The molecule has 0 bridgehead atoms. The van der Waals surface area contributed by atoms with E-state index in [1.165, 1.54) is 19.4 Å². The highest BCUT2D eigenvalue weighted by Gasteiger charge is 2.09. The number of hydrogen-bond acceptors (Lipinski definition) is 6. The maximum absolute atomic E-state index is 11.7. The fourth-order valence-corrected chi connectivity index (χ4v) is 1.54. The van der Waals surface area contributed by atoms with Crippen molar-refractivity contribution in [2.24, 2.45) is 0 Å². The molecular formula is C15H15N3O5. The molecule has 1 amide bonds. The second-order valence-corrected chi connectivity index (χ2v) is 4.29. The zero-order chi connectivity index (χ0) is 17.2. The summed E-state index contributed by atoms with van der Waals surface area (Å²) >= 11 is 0. The van der Waals surface area contributed by atoms with Gasteiger partial charge in [-0.2, -0.15) is 5.26 Å². The Morgan fingerprint density at radius 2 is 2.13 bits per heavy atom. The molecule has 1 aromatic carbocycles. The molecule has 0 heterocycles. The number of carbonyl (C=O) groups is 3. The highest BCUT2D eigenvalue weighted by molar-refractivity contribution is 5.97. The third-order valence-electron chi connectivity index (χ3n) is 2.66. The number of carbonyl (C=O) groups excluding carboxylic acids is 2. The van der Waals surface area contributed by atoms with Crippen LogP contribution < -0.4 is 10.6 Å². The molecule has 0 unspecified atom stereocenters. The second-order valence-electron chi connectivity index (χ2n) is 4.29. The van der Waals surface area contributed by atoms with Crippen LogP contribution in [0.25, 0.3) is 0 Å². The van der Waals surface area contributed by atoms with Gasteiger partial charge in [0.25, 0.3) is 5.91 Å². The van der Waals surface area contributed by atoms with Crippen molar-refractivity contribution >= 4 is 23.5 Å². The third kappa shape index (κ3) is 5.89. The summed E-state index contributed by atoms with van der Waals surface area (Å²) in [5, 5.41) is 22.5. The van der Waals surface area contributed by atoms with Gasteiger partial charge in [0.1, 0.15) is 11.6 Å². The molecule has 1 rings (SSSR count). The Hall–Kier alpha value is -3.34. The van der Waals surface area contributed by atoms with Crippen molar-refractivity contribution in [3.63, 3.8) is 0 Å². The van der Waals surface area contributed by atoms with Gasteiger partial charge in [-0.15, -0.1) is 0 Å². The Labute approximate surface area is 132 Å². The number of rotatable bonds is 7. The molecule has 0 saturated heterocycles. The number of nitrogens with zero attached hydrogens (tertiary/aromatic N) is 1. The number of esters is 1. The highest BCUT2D eigenvalue weighted by Crippen LogP contribution is 2.12. The number of hydrogen-bond donors (Lipinski definition) is 3. The minimum Gasteiger partial charge on any atom is -0.481 e. The average molecular weight is 317 g/mol. The molecule has 0 fully saturated rings. The van der Waals surface area contributed by atoms with E-state index in [9.17, 15) is 14.4 Å². The zero-order valence-corrected chi connectivity index (χ0v) is 12.3. The van der Waals surface area contributed by atoms with E-state index in [0.717, 1.165) is 0 Å². The maximum atomic E-state index is 11.7. The normalized spacial score (nSPS) is 10.3. The highest BCUT2D eigenvalue weighted by atomic mass is 16.5. The maximum Gasteiger partial charge on any atom is 0.337 e. The molecule has 120 valence electrons. The topological polar surface area (TPSA) is 129 Å². The summed E-state index contributed by atoms with van der Waals surface area (Å²) < 4.78 is 4.59. The van der Waals surface area contributed by atoms with Gasteiger partial charge >= 0.3 is 11.9 Å². The van der Waals surface area contributed by atoms with E-state index in [1.54, 1.807) is 24.3 Å². The summed E-state index contributed by atoms with van der Waals surface area (Å²) in [7, 11) is 1.26. The number of benzene rings is 1. The fourth-order valence-electron chi connectivity index (χ4n) is 1.54. The van der Waals surface area contributed by atoms with Crippen molar-refractivity contribution in [1.82, 2.24) is 5.32 Å². The lowest BCUT2D eigenvalue weighted by atomic mass is 10.2. The minimum absolute atomic E-state index is 0.0784. The van der Waals surface area contributed by atoms with Gasteiger partial charge in [-0.05, 0) is 18.2 Å². The summed E-state index contributed by atoms with van der Waals surface area (Å²) in [5.74, 6) is -2.25. The number of carboxylic acids is 1. The van der Waals surface area contributed by atoms with Crippen molar-refractivity contribution in [2.75, 3.05) is 19.0 Å². The Morgan fingerprint density at radius 1 is 1.39 bits per heavy atom. The Balaban J connectivity index is 2.73. The number of aliphatic carboxylic acids is 1. The van der Waals surface area contributed by atoms with E-state index in [1.807, 2.05) is 0 Å². The summed E-state index contributed by atoms with van der Waals surface area (Å²) in [6.07, 6.45) is 0.936. The van der Waals surface area contributed by atoms with Crippen LogP contribution in [-0.2, 0) is 14.3 Å². The molecule has 0 aliphatic heterocycles.